The number of phenolic OH excluding ortho intramolecular Hbond substituents is 1. The largest absolute Gasteiger partial charge is 0.507 e. The van der Waals surface area contributed by atoms with Crippen molar-refractivity contribution in [3.05, 3.63) is 149 Å². The van der Waals surface area contributed by atoms with Gasteiger partial charge in [0.2, 0.25) is 0 Å². The quantitative estimate of drug-likeness (QED) is 0.128. The third-order valence-electron chi connectivity index (χ3n) is 14.7. The minimum Gasteiger partial charge on any atom is -0.507 e. The van der Waals surface area contributed by atoms with Gasteiger partial charge >= 0.3 is 0 Å². The Morgan fingerprint density at radius 1 is 0.616 bits per heavy atom. The predicted octanol–water partition coefficient (Wildman–Crippen LogP) is 16.9. The number of benzene rings is 6. The molecule has 73 heavy (non-hydrogen) atoms. The van der Waals surface area contributed by atoms with E-state index in [1.165, 1.54) is 22.4 Å². The average molecular weight is 1170 g/mol. The summed E-state index contributed by atoms with van der Waals surface area (Å²) in [4.78, 5) is 16.0. The van der Waals surface area contributed by atoms with Gasteiger partial charge in [-0.1, -0.05) is 193 Å². The number of hydrogen-bond donors (Lipinski definition) is 1. The zero-order chi connectivity index (χ0) is 51.7. The van der Waals surface area contributed by atoms with Crippen LogP contribution < -0.4 is 5.19 Å². The van der Waals surface area contributed by atoms with Crippen LogP contribution in [0.15, 0.2) is 109 Å². The minimum absolute atomic E-state index is 0. The Balaban J connectivity index is 0.00000656. The molecule has 10 rings (SSSR count). The molecule has 4 aromatic heterocycles. The number of pyridine rings is 2. The number of hydrogen-bond acceptors (Lipinski definition) is 4. The number of imidazole rings is 2. The molecular weight excluding hydrogens is 1100 g/mol. The average Bonchev–Trinajstić information content (AvgIpc) is 3.88. The number of fused-ring (bicyclic) bond motifs is 8. The third-order valence-corrected chi connectivity index (χ3v) is 16.7. The number of nitrogens with zero attached hydrogens (tertiary/aromatic N) is 5. The molecule has 9 heteroatoms. The monoisotopic (exact) mass is 1170 g/mol. The second kappa shape index (κ2) is 18.2. The van der Waals surface area contributed by atoms with Gasteiger partial charge in [-0.2, -0.15) is 0 Å². The summed E-state index contributed by atoms with van der Waals surface area (Å²) in [6, 6.07) is 41.7. The number of aromatic hydroxyl groups is 1. The van der Waals surface area contributed by atoms with E-state index >= 15 is 4.39 Å². The molecule has 0 unspecified atom stereocenters. The van der Waals surface area contributed by atoms with Crippen molar-refractivity contribution < 1.29 is 30.6 Å². The summed E-state index contributed by atoms with van der Waals surface area (Å²) in [6.07, 6.45) is 0. The molecule has 6 aromatic carbocycles. The number of halogens is 1. The van der Waals surface area contributed by atoms with Crippen molar-refractivity contribution in [2.24, 2.45) is 0 Å². The minimum atomic E-state index is -1.78. The summed E-state index contributed by atoms with van der Waals surface area (Å²) >= 11 is 0. The summed E-state index contributed by atoms with van der Waals surface area (Å²) < 4.78 is 19.8. The van der Waals surface area contributed by atoms with Gasteiger partial charge in [0.25, 0.3) is 0 Å². The van der Waals surface area contributed by atoms with Gasteiger partial charge in [0.05, 0.1) is 41.4 Å². The molecular formula is C64H69FN5OPtSi-. The van der Waals surface area contributed by atoms with Crippen molar-refractivity contribution in [3.63, 3.8) is 0 Å². The van der Waals surface area contributed by atoms with Crippen LogP contribution >= 0.6 is 0 Å². The van der Waals surface area contributed by atoms with E-state index in [-0.39, 0.29) is 60.7 Å². The molecule has 0 saturated heterocycles. The number of aromatic nitrogens is 5. The van der Waals surface area contributed by atoms with Crippen LogP contribution in [0.2, 0.25) is 19.6 Å². The maximum absolute atomic E-state index is 15.4. The Kier molecular flexibility index (Phi) is 12.9. The van der Waals surface area contributed by atoms with Crippen molar-refractivity contribution in [2.75, 3.05) is 0 Å². The maximum atomic E-state index is 15.4. The molecule has 0 atom stereocenters. The van der Waals surface area contributed by atoms with Gasteiger partial charge in [-0.15, -0.1) is 29.3 Å². The molecule has 0 spiro atoms. The first-order valence-corrected chi connectivity index (χ1v) is 29.2. The molecule has 10 aromatic rings. The van der Waals surface area contributed by atoms with E-state index in [9.17, 15) is 5.11 Å². The molecule has 0 amide bonds. The van der Waals surface area contributed by atoms with Crippen LogP contribution in [0.4, 0.5) is 4.39 Å². The second-order valence-electron chi connectivity index (χ2n) is 24.9. The number of phenols is 1. The van der Waals surface area contributed by atoms with Crippen LogP contribution in [-0.2, 0) is 37.3 Å². The molecule has 0 aliphatic rings. The van der Waals surface area contributed by atoms with Crippen molar-refractivity contribution in [3.8, 4) is 45.2 Å². The maximum Gasteiger partial charge on any atom is 0.171 e. The van der Waals surface area contributed by atoms with Crippen LogP contribution in [0.5, 0.6) is 5.75 Å². The normalized spacial score (nSPS) is 12.9. The first-order valence-electron chi connectivity index (χ1n) is 25.7. The molecule has 0 saturated carbocycles. The Morgan fingerprint density at radius 2 is 1.22 bits per heavy atom. The zero-order valence-electron chi connectivity index (χ0n) is 45.4. The Labute approximate surface area is 446 Å². The summed E-state index contributed by atoms with van der Waals surface area (Å²) in [6.45, 7) is 36.5. The summed E-state index contributed by atoms with van der Waals surface area (Å²) in [5, 5.41) is 17.0. The van der Waals surface area contributed by atoms with Crippen molar-refractivity contribution >= 4 is 62.8 Å². The fraction of sp³-hybridized carbons (Fsp3) is 0.328. The topological polar surface area (TPSA) is 68.2 Å². The Bertz CT molecular complexity index is 3810. The van der Waals surface area contributed by atoms with Gasteiger partial charge in [-0.25, -0.2) is 14.4 Å². The van der Waals surface area contributed by atoms with E-state index in [1.807, 2.05) is 34.7 Å². The third kappa shape index (κ3) is 9.05. The van der Waals surface area contributed by atoms with Gasteiger partial charge < -0.3 is 5.11 Å². The first kappa shape index (κ1) is 51.9. The van der Waals surface area contributed by atoms with Crippen molar-refractivity contribution in [1.29, 1.82) is 0 Å². The van der Waals surface area contributed by atoms with Gasteiger partial charge in [-0.3, -0.25) is 14.0 Å². The molecule has 0 aliphatic heterocycles. The summed E-state index contributed by atoms with van der Waals surface area (Å²) in [7, 11) is -1.78. The fourth-order valence-corrected chi connectivity index (χ4v) is 11.6. The van der Waals surface area contributed by atoms with Crippen LogP contribution in [0.3, 0.4) is 0 Å². The summed E-state index contributed by atoms with van der Waals surface area (Å²) in [5.74, 6) is 1.01. The van der Waals surface area contributed by atoms with E-state index in [4.69, 9.17) is 15.0 Å². The van der Waals surface area contributed by atoms with E-state index in [0.29, 0.717) is 28.1 Å². The van der Waals surface area contributed by atoms with E-state index in [2.05, 4.69) is 187 Å². The van der Waals surface area contributed by atoms with Gasteiger partial charge in [0.15, 0.2) is 5.65 Å². The standard InChI is InChI=1S/C64H69FN5OSi.Pt/c1-36(2)46-33-43(72(14,15)16)34-47(37(3)4)57(46)70-58-44-22-18-17-21-38(44)30-48(56(58)68-61(70)49-31-42(63(8,9)10)32-50(59(49)71)64(11,12)13)39-27-40(29-41(28-39)62(5,6)7)52-25-26-54-60(66-52)67-55-35-51(65)45-23-19-20-24-53(45)69(54)55;/h17-26,28-37,71H,1-16H3;/q-1;. The van der Waals surface area contributed by atoms with E-state index in [0.717, 1.165) is 77.6 Å². The smallest absolute Gasteiger partial charge is 0.171 e. The SMILES string of the molecule is CC(C)c1cc([Si](C)(C)C)cc(C(C)C)c1-n1c(-c2cc(C(C)(C)C)cc(C(C)(C)C)c2O)nc2c(-c3[c-]c(-c4ccc5c(n4)nc4cc(F)c6ccccc6n45)cc(C(C)(C)C)c3)cc3ccccc3c21.[Pt]. The molecule has 378 valence electrons. The van der Waals surface area contributed by atoms with Crippen LogP contribution in [-0.4, -0.2) is 37.1 Å². The molecule has 0 aliphatic carbocycles. The van der Waals surface area contributed by atoms with Crippen LogP contribution in [0.25, 0.3) is 89.0 Å². The molecule has 6 nitrogen and oxygen atoms in total. The molecule has 4 heterocycles. The van der Waals surface area contributed by atoms with Crippen LogP contribution in [0, 0.1) is 11.9 Å². The first-order chi connectivity index (χ1) is 33.7. The molecule has 1 N–H and O–H groups in total. The fourth-order valence-electron chi connectivity index (χ4n) is 10.4. The van der Waals surface area contributed by atoms with Crippen LogP contribution in [0.1, 0.15) is 130 Å². The molecule has 0 fully saturated rings. The van der Waals surface area contributed by atoms with Gasteiger partial charge in [-0.05, 0) is 74.4 Å². The number of para-hydroxylation sites is 1. The van der Waals surface area contributed by atoms with Crippen molar-refractivity contribution in [1.82, 2.24) is 23.9 Å². The van der Waals surface area contributed by atoms with Crippen molar-refractivity contribution in [2.45, 2.75) is 138 Å². The predicted molar refractivity (Wildman–Crippen MR) is 304 cm³/mol. The van der Waals surface area contributed by atoms with Gasteiger partial charge in [0, 0.05) is 49.2 Å². The molecule has 0 bridgehead atoms. The zero-order valence-corrected chi connectivity index (χ0v) is 48.7. The van der Waals surface area contributed by atoms with E-state index in [1.54, 1.807) is 6.07 Å². The van der Waals surface area contributed by atoms with E-state index < -0.39 is 8.07 Å². The number of rotatable bonds is 7. The molecule has 0 radical (unpaired) electrons. The second-order valence-corrected chi connectivity index (χ2v) is 30.0. The Morgan fingerprint density at radius 3 is 1.84 bits per heavy atom. The summed E-state index contributed by atoms with van der Waals surface area (Å²) in [5.41, 5.74) is 14.5. The van der Waals surface area contributed by atoms with Gasteiger partial charge in [0.1, 0.15) is 23.0 Å². The Hall–Kier alpha value is -5.95.